The molecule has 0 bridgehead atoms. The zero-order valence-electron chi connectivity index (χ0n) is 15.6. The summed E-state index contributed by atoms with van der Waals surface area (Å²) in [6, 6.07) is 23.6. The van der Waals surface area contributed by atoms with E-state index in [4.69, 9.17) is 19.3 Å². The quantitative estimate of drug-likeness (QED) is 0.444. The molecule has 0 aliphatic carbocycles. The number of methoxy groups -OCH3 is 3. The molecule has 0 aliphatic heterocycles. The highest BCUT2D eigenvalue weighted by atomic mass is 16.5. The summed E-state index contributed by atoms with van der Waals surface area (Å²) < 4.78 is 16.2. The molecule has 0 radical (unpaired) electrons. The summed E-state index contributed by atoms with van der Waals surface area (Å²) in [4.78, 5) is 0. The van der Waals surface area contributed by atoms with Crippen LogP contribution < -0.4 is 19.2 Å². The van der Waals surface area contributed by atoms with Gasteiger partial charge in [0.05, 0.1) is 38.9 Å². The van der Waals surface area contributed by atoms with Crippen LogP contribution in [0.3, 0.4) is 0 Å². The molecule has 0 saturated carbocycles. The second-order valence-corrected chi connectivity index (χ2v) is 5.68. The van der Waals surface area contributed by atoms with E-state index in [1.807, 2.05) is 71.7 Å². The maximum atomic E-state index is 5.49. The van der Waals surface area contributed by atoms with Crippen molar-refractivity contribution in [3.05, 3.63) is 78.4 Å². The predicted molar refractivity (Wildman–Crippen MR) is 109 cm³/mol. The maximum absolute atomic E-state index is 5.49. The van der Waals surface area contributed by atoms with E-state index in [0.29, 0.717) is 17.2 Å². The van der Waals surface area contributed by atoms with Crippen LogP contribution in [0, 0.1) is 0 Å². The Labute approximate surface area is 159 Å². The normalized spacial score (nSPS) is 10.6. The van der Waals surface area contributed by atoms with E-state index in [9.17, 15) is 0 Å². The number of anilines is 2. The fraction of sp³-hybridized carbons (Fsp3) is 0.136. The van der Waals surface area contributed by atoms with E-state index in [-0.39, 0.29) is 0 Å². The number of hydrazone groups is 1. The second kappa shape index (κ2) is 8.76. The zero-order chi connectivity index (χ0) is 19.1. The molecule has 3 aromatic carbocycles. The molecule has 0 atom stereocenters. The number of hydrogen-bond donors (Lipinski definition) is 0. The summed E-state index contributed by atoms with van der Waals surface area (Å²) in [5, 5.41) is 6.58. The van der Waals surface area contributed by atoms with Crippen molar-refractivity contribution in [3.8, 4) is 17.2 Å². The highest BCUT2D eigenvalue weighted by molar-refractivity contribution is 5.86. The number of nitrogens with zero attached hydrogens (tertiary/aromatic N) is 2. The first kappa shape index (κ1) is 18.3. The van der Waals surface area contributed by atoms with Gasteiger partial charge in [-0.2, -0.15) is 5.10 Å². The Hall–Kier alpha value is -3.47. The lowest BCUT2D eigenvalue weighted by molar-refractivity contribution is 0.349. The van der Waals surface area contributed by atoms with Crippen LogP contribution in [-0.2, 0) is 0 Å². The monoisotopic (exact) mass is 362 g/mol. The molecule has 0 aliphatic rings. The van der Waals surface area contributed by atoms with Crippen molar-refractivity contribution in [3.63, 3.8) is 0 Å². The van der Waals surface area contributed by atoms with Crippen molar-refractivity contribution in [1.82, 2.24) is 0 Å². The van der Waals surface area contributed by atoms with Crippen LogP contribution in [0.4, 0.5) is 11.4 Å². The van der Waals surface area contributed by atoms with Crippen LogP contribution in [0.2, 0.25) is 0 Å². The Morgan fingerprint density at radius 2 is 1.15 bits per heavy atom. The summed E-state index contributed by atoms with van der Waals surface area (Å²) in [7, 11) is 4.81. The van der Waals surface area contributed by atoms with E-state index in [1.54, 1.807) is 33.6 Å². The smallest absolute Gasteiger partial charge is 0.164 e. The van der Waals surface area contributed by atoms with Gasteiger partial charge in [-0.1, -0.05) is 36.4 Å². The van der Waals surface area contributed by atoms with Gasteiger partial charge in [0.2, 0.25) is 0 Å². The summed E-state index contributed by atoms with van der Waals surface area (Å²) in [5.41, 5.74) is 2.70. The van der Waals surface area contributed by atoms with Gasteiger partial charge in [-0.15, -0.1) is 0 Å². The van der Waals surface area contributed by atoms with Crippen molar-refractivity contribution in [2.45, 2.75) is 0 Å². The largest absolute Gasteiger partial charge is 0.496 e. The van der Waals surface area contributed by atoms with Crippen LogP contribution in [0.1, 0.15) is 5.56 Å². The Bertz CT molecular complexity index is 857. The first-order chi connectivity index (χ1) is 13.3. The summed E-state index contributed by atoms with van der Waals surface area (Å²) in [5.74, 6) is 1.87. The van der Waals surface area contributed by atoms with E-state index in [2.05, 4.69) is 0 Å². The molecule has 138 valence electrons. The molecule has 0 amide bonds. The molecule has 5 heteroatoms. The molecule has 0 heterocycles. The molecule has 0 aromatic heterocycles. The Morgan fingerprint density at radius 1 is 0.667 bits per heavy atom. The van der Waals surface area contributed by atoms with Gasteiger partial charge in [0.1, 0.15) is 5.75 Å². The average Bonchev–Trinajstić information content (AvgIpc) is 2.74. The van der Waals surface area contributed by atoms with Crippen molar-refractivity contribution < 1.29 is 14.2 Å². The van der Waals surface area contributed by atoms with Crippen molar-refractivity contribution in [2.75, 3.05) is 26.3 Å². The van der Waals surface area contributed by atoms with Crippen LogP contribution in [0.5, 0.6) is 17.2 Å². The molecule has 0 N–H and O–H groups in total. The standard InChI is InChI=1S/C22H22N2O3/c1-25-20-15-22(27-3)21(26-2)14-17(20)16-23-24(18-10-6-4-7-11-18)19-12-8-5-9-13-19/h4-16H,1-3H3/b23-16-. The Balaban J connectivity index is 2.02. The summed E-state index contributed by atoms with van der Waals surface area (Å²) in [6.45, 7) is 0. The average molecular weight is 362 g/mol. The minimum Gasteiger partial charge on any atom is -0.496 e. The number of hydrogen-bond acceptors (Lipinski definition) is 5. The van der Waals surface area contributed by atoms with Crippen molar-refractivity contribution in [1.29, 1.82) is 0 Å². The lowest BCUT2D eigenvalue weighted by Crippen LogP contribution is -2.09. The number of rotatable bonds is 7. The van der Waals surface area contributed by atoms with Gasteiger partial charge in [-0.25, -0.2) is 5.01 Å². The van der Waals surface area contributed by atoms with Gasteiger partial charge >= 0.3 is 0 Å². The second-order valence-electron chi connectivity index (χ2n) is 5.68. The van der Waals surface area contributed by atoms with Crippen molar-refractivity contribution in [2.24, 2.45) is 5.10 Å². The number of para-hydroxylation sites is 2. The topological polar surface area (TPSA) is 43.3 Å². The fourth-order valence-corrected chi connectivity index (χ4v) is 2.69. The molecule has 0 spiro atoms. The minimum absolute atomic E-state index is 0.606. The molecule has 0 fully saturated rings. The zero-order valence-corrected chi connectivity index (χ0v) is 15.6. The lowest BCUT2D eigenvalue weighted by Gasteiger charge is -2.19. The van der Waals surface area contributed by atoms with E-state index < -0.39 is 0 Å². The molecule has 3 aromatic rings. The third-order valence-corrected chi connectivity index (χ3v) is 4.05. The van der Waals surface area contributed by atoms with Crippen LogP contribution in [-0.4, -0.2) is 27.5 Å². The molecular formula is C22H22N2O3. The Kier molecular flexibility index (Phi) is 5.94. The Morgan fingerprint density at radius 3 is 1.63 bits per heavy atom. The maximum Gasteiger partial charge on any atom is 0.164 e. The van der Waals surface area contributed by atoms with Gasteiger partial charge in [0.25, 0.3) is 0 Å². The third kappa shape index (κ3) is 4.20. The van der Waals surface area contributed by atoms with Gasteiger partial charge in [0, 0.05) is 11.6 Å². The number of ether oxygens (including phenoxy) is 3. The third-order valence-electron chi connectivity index (χ3n) is 4.05. The molecule has 3 rings (SSSR count). The van der Waals surface area contributed by atoms with Gasteiger partial charge in [-0.05, 0) is 30.3 Å². The summed E-state index contributed by atoms with van der Waals surface area (Å²) >= 11 is 0. The molecule has 0 saturated heterocycles. The molecule has 27 heavy (non-hydrogen) atoms. The van der Waals surface area contributed by atoms with E-state index in [0.717, 1.165) is 16.9 Å². The SMILES string of the molecule is COc1cc(OC)c(OC)cc1/C=N\N(c1ccccc1)c1ccccc1. The first-order valence-electron chi connectivity index (χ1n) is 8.51. The van der Waals surface area contributed by atoms with Gasteiger partial charge in [-0.3, -0.25) is 0 Å². The van der Waals surface area contributed by atoms with E-state index >= 15 is 0 Å². The van der Waals surface area contributed by atoms with Gasteiger partial charge in [0.15, 0.2) is 11.5 Å². The summed E-state index contributed by atoms with van der Waals surface area (Å²) in [6.07, 6.45) is 1.75. The highest BCUT2D eigenvalue weighted by Gasteiger charge is 2.12. The predicted octanol–water partition coefficient (Wildman–Crippen LogP) is 4.88. The van der Waals surface area contributed by atoms with Crippen LogP contribution in [0.15, 0.2) is 77.9 Å². The van der Waals surface area contributed by atoms with E-state index in [1.165, 1.54) is 0 Å². The van der Waals surface area contributed by atoms with Gasteiger partial charge < -0.3 is 14.2 Å². The number of benzene rings is 3. The lowest BCUT2D eigenvalue weighted by atomic mass is 10.2. The highest BCUT2D eigenvalue weighted by Crippen LogP contribution is 2.34. The minimum atomic E-state index is 0.606. The first-order valence-corrected chi connectivity index (χ1v) is 8.51. The molecule has 0 unspecified atom stereocenters. The fourth-order valence-electron chi connectivity index (χ4n) is 2.69. The molecule has 5 nitrogen and oxygen atoms in total. The van der Waals surface area contributed by atoms with Crippen LogP contribution in [0.25, 0.3) is 0 Å². The molecular weight excluding hydrogens is 340 g/mol. The van der Waals surface area contributed by atoms with Crippen molar-refractivity contribution >= 4 is 17.6 Å². The van der Waals surface area contributed by atoms with Crippen LogP contribution >= 0.6 is 0 Å².